The number of carbonyl (C=O) groups is 1. The van der Waals surface area contributed by atoms with Gasteiger partial charge in [-0.1, -0.05) is 0 Å². The fraction of sp³-hybridized carbons (Fsp3) is 0.143. The predicted molar refractivity (Wildman–Crippen MR) is 69.6 cm³/mol. The molecule has 0 N–H and O–H groups in total. The number of carbonyl (C=O) groups excluding carboxylic acids is 1. The minimum absolute atomic E-state index is 0.717. The zero-order valence-corrected chi connectivity index (χ0v) is 9.86. The van der Waals surface area contributed by atoms with Crippen LogP contribution in [0.5, 0.6) is 0 Å². The second-order valence-corrected chi connectivity index (χ2v) is 4.25. The van der Waals surface area contributed by atoms with E-state index in [1.54, 1.807) is 6.20 Å². The number of aromatic nitrogens is 3. The van der Waals surface area contributed by atoms with Crippen LogP contribution in [-0.2, 0) is 13.1 Å². The highest BCUT2D eigenvalue weighted by atomic mass is 16.1. The summed E-state index contributed by atoms with van der Waals surface area (Å²) in [4.78, 5) is 14.7. The summed E-state index contributed by atoms with van der Waals surface area (Å²) >= 11 is 0. The van der Waals surface area contributed by atoms with Crippen molar-refractivity contribution in [1.29, 1.82) is 0 Å². The Hall–Kier alpha value is -2.36. The van der Waals surface area contributed by atoms with Crippen LogP contribution < -0.4 is 0 Å². The number of hydrogen-bond donors (Lipinski definition) is 0. The number of aldehydes is 1. The Labute approximate surface area is 104 Å². The van der Waals surface area contributed by atoms with Crippen LogP contribution in [0.4, 0.5) is 0 Å². The molecule has 0 bridgehead atoms. The fourth-order valence-corrected chi connectivity index (χ4v) is 2.13. The summed E-state index contributed by atoms with van der Waals surface area (Å²) < 4.78 is 4.23. The summed E-state index contributed by atoms with van der Waals surface area (Å²) in [7, 11) is 0. The van der Waals surface area contributed by atoms with Crippen molar-refractivity contribution in [3.05, 3.63) is 54.7 Å². The van der Waals surface area contributed by atoms with Crippen LogP contribution in [0.15, 0.2) is 49.2 Å². The highest BCUT2D eigenvalue weighted by Gasteiger charge is 2.02. The van der Waals surface area contributed by atoms with Gasteiger partial charge >= 0.3 is 0 Å². The van der Waals surface area contributed by atoms with Crippen LogP contribution in [0.25, 0.3) is 10.9 Å². The number of imidazole rings is 1. The summed E-state index contributed by atoms with van der Waals surface area (Å²) in [6.07, 6.45) is 8.48. The standard InChI is InChI=1S/C14H13N3O/c18-10-12-1-2-14-13(9-12)3-5-17(14)8-7-16-6-4-15-11-16/h1-6,9-11H,7-8H2. The third kappa shape index (κ3) is 1.93. The Morgan fingerprint density at radius 2 is 2.11 bits per heavy atom. The maximum Gasteiger partial charge on any atom is 0.150 e. The van der Waals surface area contributed by atoms with Gasteiger partial charge in [-0.3, -0.25) is 4.79 Å². The monoisotopic (exact) mass is 239 g/mol. The van der Waals surface area contributed by atoms with Crippen molar-refractivity contribution in [1.82, 2.24) is 14.1 Å². The first-order chi connectivity index (χ1) is 8.86. The molecule has 2 heterocycles. The van der Waals surface area contributed by atoms with Crippen LogP contribution in [0, 0.1) is 0 Å². The minimum atomic E-state index is 0.717. The van der Waals surface area contributed by atoms with Crippen molar-refractivity contribution in [2.45, 2.75) is 13.1 Å². The third-order valence-corrected chi connectivity index (χ3v) is 3.09. The van der Waals surface area contributed by atoms with Crippen molar-refractivity contribution < 1.29 is 4.79 Å². The minimum Gasteiger partial charge on any atom is -0.346 e. The van der Waals surface area contributed by atoms with Crippen LogP contribution in [0.3, 0.4) is 0 Å². The van der Waals surface area contributed by atoms with Gasteiger partial charge in [-0.2, -0.15) is 0 Å². The second-order valence-electron chi connectivity index (χ2n) is 4.25. The highest BCUT2D eigenvalue weighted by molar-refractivity contribution is 5.87. The molecule has 2 aromatic heterocycles. The zero-order valence-electron chi connectivity index (χ0n) is 9.86. The second kappa shape index (κ2) is 4.49. The average molecular weight is 239 g/mol. The molecule has 0 aliphatic carbocycles. The maximum atomic E-state index is 10.7. The van der Waals surface area contributed by atoms with Gasteiger partial charge in [-0.15, -0.1) is 0 Å². The molecule has 0 aliphatic rings. The number of fused-ring (bicyclic) bond motifs is 1. The fourth-order valence-electron chi connectivity index (χ4n) is 2.13. The van der Waals surface area contributed by atoms with E-state index in [0.29, 0.717) is 0 Å². The Morgan fingerprint density at radius 1 is 1.17 bits per heavy atom. The number of benzene rings is 1. The van der Waals surface area contributed by atoms with E-state index in [1.165, 1.54) is 0 Å². The first-order valence-electron chi connectivity index (χ1n) is 5.86. The van der Waals surface area contributed by atoms with E-state index in [0.717, 1.165) is 35.8 Å². The highest BCUT2D eigenvalue weighted by Crippen LogP contribution is 2.17. The van der Waals surface area contributed by atoms with Gasteiger partial charge in [0.2, 0.25) is 0 Å². The molecule has 0 aliphatic heterocycles. The molecule has 0 spiro atoms. The van der Waals surface area contributed by atoms with Gasteiger partial charge in [-0.05, 0) is 24.3 Å². The van der Waals surface area contributed by atoms with E-state index in [-0.39, 0.29) is 0 Å². The summed E-state index contributed by atoms with van der Waals surface area (Å²) in [5.74, 6) is 0. The van der Waals surface area contributed by atoms with Gasteiger partial charge in [-0.25, -0.2) is 4.98 Å². The molecule has 0 amide bonds. The molecule has 4 nitrogen and oxygen atoms in total. The number of nitrogens with zero attached hydrogens (tertiary/aromatic N) is 3. The van der Waals surface area contributed by atoms with Gasteiger partial charge < -0.3 is 9.13 Å². The first kappa shape index (κ1) is 10.8. The largest absolute Gasteiger partial charge is 0.346 e. The molecule has 1 aromatic carbocycles. The van der Waals surface area contributed by atoms with E-state index >= 15 is 0 Å². The number of hydrogen-bond acceptors (Lipinski definition) is 2. The summed E-state index contributed by atoms with van der Waals surface area (Å²) in [5, 5.41) is 1.10. The lowest BCUT2D eigenvalue weighted by Crippen LogP contribution is -2.04. The molecule has 3 rings (SSSR count). The van der Waals surface area contributed by atoms with E-state index < -0.39 is 0 Å². The molecule has 0 unspecified atom stereocenters. The molecular formula is C14H13N3O. The third-order valence-electron chi connectivity index (χ3n) is 3.09. The SMILES string of the molecule is O=Cc1ccc2c(ccn2CCn2ccnc2)c1. The topological polar surface area (TPSA) is 39.8 Å². The Kier molecular flexibility index (Phi) is 2.68. The van der Waals surface area contributed by atoms with Crippen molar-refractivity contribution in [2.24, 2.45) is 0 Å². The lowest BCUT2D eigenvalue weighted by Gasteiger charge is -2.06. The van der Waals surface area contributed by atoms with Gasteiger partial charge in [0.1, 0.15) is 6.29 Å². The van der Waals surface area contributed by atoms with Gasteiger partial charge in [0, 0.05) is 48.1 Å². The predicted octanol–water partition coefficient (Wildman–Crippen LogP) is 2.35. The molecule has 3 aromatic rings. The summed E-state index contributed by atoms with van der Waals surface area (Å²) in [5.41, 5.74) is 1.87. The van der Waals surface area contributed by atoms with Crippen LogP contribution in [-0.4, -0.2) is 20.4 Å². The first-order valence-corrected chi connectivity index (χ1v) is 5.86. The maximum absolute atomic E-state index is 10.7. The molecule has 0 saturated carbocycles. The van der Waals surface area contributed by atoms with E-state index in [4.69, 9.17) is 0 Å². The van der Waals surface area contributed by atoms with Crippen LogP contribution in [0.2, 0.25) is 0 Å². The molecular weight excluding hydrogens is 226 g/mol. The van der Waals surface area contributed by atoms with E-state index in [2.05, 4.69) is 15.7 Å². The van der Waals surface area contributed by atoms with Crippen LogP contribution >= 0.6 is 0 Å². The van der Waals surface area contributed by atoms with Crippen molar-refractivity contribution in [3.63, 3.8) is 0 Å². The summed E-state index contributed by atoms with van der Waals surface area (Å²) in [6.45, 7) is 1.78. The lowest BCUT2D eigenvalue weighted by atomic mass is 10.2. The Morgan fingerprint density at radius 3 is 2.89 bits per heavy atom. The summed E-state index contributed by atoms with van der Waals surface area (Å²) in [6, 6.07) is 7.79. The molecule has 0 saturated heterocycles. The number of rotatable bonds is 4. The number of aryl methyl sites for hydroxylation is 2. The molecule has 0 fully saturated rings. The van der Waals surface area contributed by atoms with Crippen molar-refractivity contribution >= 4 is 17.2 Å². The normalized spacial score (nSPS) is 10.9. The smallest absolute Gasteiger partial charge is 0.150 e. The van der Waals surface area contributed by atoms with Crippen molar-refractivity contribution in [2.75, 3.05) is 0 Å². The molecule has 90 valence electrons. The van der Waals surface area contributed by atoms with E-state index in [1.807, 2.05) is 41.4 Å². The Bertz CT molecular complexity index is 667. The van der Waals surface area contributed by atoms with Gasteiger partial charge in [0.25, 0.3) is 0 Å². The molecule has 0 radical (unpaired) electrons. The zero-order chi connectivity index (χ0) is 12.4. The average Bonchev–Trinajstić information content (AvgIpc) is 3.05. The quantitative estimate of drug-likeness (QED) is 0.656. The van der Waals surface area contributed by atoms with Gasteiger partial charge in [0.15, 0.2) is 0 Å². The van der Waals surface area contributed by atoms with Crippen LogP contribution in [0.1, 0.15) is 10.4 Å². The lowest BCUT2D eigenvalue weighted by molar-refractivity contribution is 0.112. The van der Waals surface area contributed by atoms with E-state index in [9.17, 15) is 4.79 Å². The molecule has 18 heavy (non-hydrogen) atoms. The van der Waals surface area contributed by atoms with Crippen molar-refractivity contribution in [3.8, 4) is 0 Å². The Balaban J connectivity index is 1.86. The molecule has 4 heteroatoms. The van der Waals surface area contributed by atoms with Gasteiger partial charge in [0.05, 0.1) is 6.33 Å². The molecule has 0 atom stereocenters.